The van der Waals surface area contributed by atoms with Crippen molar-refractivity contribution in [3.8, 4) is 5.75 Å². The molecule has 0 saturated carbocycles. The van der Waals surface area contributed by atoms with Crippen LogP contribution in [0.3, 0.4) is 0 Å². The van der Waals surface area contributed by atoms with Crippen molar-refractivity contribution >= 4 is 34.9 Å². The van der Waals surface area contributed by atoms with Crippen LogP contribution in [-0.4, -0.2) is 15.9 Å². The molecule has 0 bridgehead atoms. The lowest BCUT2D eigenvalue weighted by Gasteiger charge is -2.11. The summed E-state index contributed by atoms with van der Waals surface area (Å²) in [6.07, 6.45) is 5.77. The van der Waals surface area contributed by atoms with Gasteiger partial charge in [-0.25, -0.2) is 4.98 Å². The standard InChI is InChI=1S/C20H17Cl2N3O2/c21-16-5-3-15(17(22)12-16)4-6-19(26)25-20-18(2-1-9-24-20)27-13-14-7-10-23-11-8-14/h1-3,5,7-12H,4,6,13H2,(H,24,25,26). The van der Waals surface area contributed by atoms with Gasteiger partial charge in [-0.1, -0.05) is 29.3 Å². The Kier molecular flexibility index (Phi) is 6.63. The first-order valence-corrected chi connectivity index (χ1v) is 9.08. The Bertz CT molecular complexity index is 920. The van der Waals surface area contributed by atoms with Crippen LogP contribution in [0.5, 0.6) is 5.75 Å². The summed E-state index contributed by atoms with van der Waals surface area (Å²) in [6, 6.07) is 12.5. The summed E-state index contributed by atoms with van der Waals surface area (Å²) in [5.74, 6) is 0.722. The zero-order chi connectivity index (χ0) is 19.1. The Labute approximate surface area is 167 Å². The average Bonchev–Trinajstić information content (AvgIpc) is 2.67. The van der Waals surface area contributed by atoms with Gasteiger partial charge in [0, 0.05) is 35.1 Å². The average molecular weight is 402 g/mol. The van der Waals surface area contributed by atoms with E-state index in [1.165, 1.54) is 0 Å². The smallest absolute Gasteiger partial charge is 0.225 e. The maximum atomic E-state index is 12.3. The molecule has 2 heterocycles. The van der Waals surface area contributed by atoms with E-state index in [1.807, 2.05) is 18.2 Å². The number of halogens is 2. The number of nitrogens with zero attached hydrogens (tertiary/aromatic N) is 2. The number of hydrogen-bond donors (Lipinski definition) is 1. The van der Waals surface area contributed by atoms with E-state index in [-0.39, 0.29) is 12.3 Å². The SMILES string of the molecule is O=C(CCc1ccc(Cl)cc1Cl)Nc1ncccc1OCc1ccncc1. The lowest BCUT2D eigenvalue weighted by molar-refractivity contribution is -0.116. The molecule has 7 heteroatoms. The number of carbonyl (C=O) groups excluding carboxylic acids is 1. The van der Waals surface area contributed by atoms with Gasteiger partial charge in [0.05, 0.1) is 0 Å². The predicted octanol–water partition coefficient (Wildman–Crippen LogP) is 4.93. The Morgan fingerprint density at radius 3 is 2.67 bits per heavy atom. The molecule has 138 valence electrons. The highest BCUT2D eigenvalue weighted by molar-refractivity contribution is 6.35. The number of nitrogens with one attached hydrogen (secondary N) is 1. The lowest BCUT2D eigenvalue weighted by atomic mass is 10.1. The van der Waals surface area contributed by atoms with Gasteiger partial charge in [-0.2, -0.15) is 0 Å². The van der Waals surface area contributed by atoms with Crippen LogP contribution in [0.25, 0.3) is 0 Å². The number of carbonyl (C=O) groups is 1. The zero-order valence-corrected chi connectivity index (χ0v) is 15.9. The molecular formula is C20H17Cl2N3O2. The lowest BCUT2D eigenvalue weighted by Crippen LogP contribution is -2.14. The van der Waals surface area contributed by atoms with Crippen LogP contribution in [0.15, 0.2) is 61.1 Å². The van der Waals surface area contributed by atoms with Crippen molar-refractivity contribution in [2.75, 3.05) is 5.32 Å². The Balaban J connectivity index is 1.59. The minimum atomic E-state index is -0.173. The van der Waals surface area contributed by atoms with E-state index >= 15 is 0 Å². The van der Waals surface area contributed by atoms with Crippen LogP contribution >= 0.6 is 23.2 Å². The van der Waals surface area contributed by atoms with Gasteiger partial charge < -0.3 is 10.1 Å². The van der Waals surface area contributed by atoms with E-state index in [0.29, 0.717) is 34.6 Å². The number of anilines is 1. The van der Waals surface area contributed by atoms with Gasteiger partial charge >= 0.3 is 0 Å². The number of aryl methyl sites for hydroxylation is 1. The van der Waals surface area contributed by atoms with Crippen LogP contribution in [0.1, 0.15) is 17.5 Å². The van der Waals surface area contributed by atoms with E-state index in [1.54, 1.807) is 42.9 Å². The normalized spacial score (nSPS) is 10.4. The van der Waals surface area contributed by atoms with E-state index in [0.717, 1.165) is 11.1 Å². The summed E-state index contributed by atoms with van der Waals surface area (Å²) in [6.45, 7) is 0.359. The van der Waals surface area contributed by atoms with Gasteiger partial charge in [-0.3, -0.25) is 9.78 Å². The molecule has 0 radical (unpaired) electrons. The number of benzene rings is 1. The predicted molar refractivity (Wildman–Crippen MR) is 106 cm³/mol. The van der Waals surface area contributed by atoms with Gasteiger partial charge in [-0.15, -0.1) is 0 Å². The van der Waals surface area contributed by atoms with Gasteiger partial charge in [0.1, 0.15) is 6.61 Å². The summed E-state index contributed by atoms with van der Waals surface area (Å²) >= 11 is 12.0. The molecule has 1 N–H and O–H groups in total. The second kappa shape index (κ2) is 9.35. The first-order valence-electron chi connectivity index (χ1n) is 8.32. The van der Waals surface area contributed by atoms with E-state index < -0.39 is 0 Å². The summed E-state index contributed by atoms with van der Waals surface area (Å²) in [4.78, 5) is 20.5. The fraction of sp³-hybridized carbons (Fsp3) is 0.150. The molecule has 0 aliphatic heterocycles. The molecule has 0 atom stereocenters. The quantitative estimate of drug-likeness (QED) is 0.609. The number of pyridine rings is 2. The monoisotopic (exact) mass is 401 g/mol. The summed E-state index contributed by atoms with van der Waals surface area (Å²) in [5.41, 5.74) is 1.84. The van der Waals surface area contributed by atoms with Gasteiger partial charge in [0.15, 0.2) is 11.6 Å². The molecule has 1 aromatic carbocycles. The number of aromatic nitrogens is 2. The molecule has 1 amide bonds. The van der Waals surface area contributed by atoms with Gasteiger partial charge in [-0.05, 0) is 53.9 Å². The number of rotatable bonds is 7. The molecule has 0 spiro atoms. The molecule has 3 rings (SSSR count). The van der Waals surface area contributed by atoms with E-state index in [4.69, 9.17) is 27.9 Å². The molecule has 0 saturated heterocycles. The number of hydrogen-bond acceptors (Lipinski definition) is 4. The molecule has 5 nitrogen and oxygen atoms in total. The largest absolute Gasteiger partial charge is 0.485 e. The second-order valence-corrected chi connectivity index (χ2v) is 6.62. The minimum absolute atomic E-state index is 0.173. The first-order chi connectivity index (χ1) is 13.1. The van der Waals surface area contributed by atoms with Crippen LogP contribution in [0, 0.1) is 0 Å². The van der Waals surface area contributed by atoms with Crippen molar-refractivity contribution < 1.29 is 9.53 Å². The van der Waals surface area contributed by atoms with Crippen LogP contribution in [-0.2, 0) is 17.8 Å². The zero-order valence-electron chi connectivity index (χ0n) is 14.4. The molecule has 0 aliphatic rings. The molecular weight excluding hydrogens is 385 g/mol. The van der Waals surface area contributed by atoms with Crippen molar-refractivity contribution in [3.05, 3.63) is 82.2 Å². The van der Waals surface area contributed by atoms with Crippen LogP contribution < -0.4 is 10.1 Å². The molecule has 3 aromatic rings. The molecule has 2 aromatic heterocycles. The number of amides is 1. The maximum absolute atomic E-state index is 12.3. The first kappa shape index (κ1) is 19.1. The molecule has 0 unspecified atom stereocenters. The Morgan fingerprint density at radius 1 is 1.07 bits per heavy atom. The molecule has 0 fully saturated rings. The minimum Gasteiger partial charge on any atom is -0.485 e. The fourth-order valence-corrected chi connectivity index (χ4v) is 2.91. The third kappa shape index (κ3) is 5.67. The van der Waals surface area contributed by atoms with Crippen molar-refractivity contribution in [3.63, 3.8) is 0 Å². The summed E-state index contributed by atoms with van der Waals surface area (Å²) in [5, 5.41) is 3.91. The molecule has 27 heavy (non-hydrogen) atoms. The highest BCUT2D eigenvalue weighted by Gasteiger charge is 2.11. The fourth-order valence-electron chi connectivity index (χ4n) is 2.41. The van der Waals surface area contributed by atoms with Gasteiger partial charge in [0.2, 0.25) is 5.91 Å². The highest BCUT2D eigenvalue weighted by Crippen LogP contribution is 2.24. The van der Waals surface area contributed by atoms with Crippen LogP contribution in [0.2, 0.25) is 10.0 Å². The third-order valence-corrected chi connectivity index (χ3v) is 4.40. The Morgan fingerprint density at radius 2 is 1.89 bits per heavy atom. The molecule has 0 aliphatic carbocycles. The number of ether oxygens (including phenoxy) is 1. The summed E-state index contributed by atoms with van der Waals surface area (Å²) < 4.78 is 5.78. The van der Waals surface area contributed by atoms with Crippen LogP contribution in [0.4, 0.5) is 5.82 Å². The topological polar surface area (TPSA) is 64.1 Å². The highest BCUT2D eigenvalue weighted by atomic mass is 35.5. The maximum Gasteiger partial charge on any atom is 0.225 e. The van der Waals surface area contributed by atoms with Crippen molar-refractivity contribution in [2.45, 2.75) is 19.4 Å². The van der Waals surface area contributed by atoms with Crippen molar-refractivity contribution in [2.24, 2.45) is 0 Å². The summed E-state index contributed by atoms with van der Waals surface area (Å²) in [7, 11) is 0. The van der Waals surface area contributed by atoms with E-state index in [2.05, 4.69) is 15.3 Å². The van der Waals surface area contributed by atoms with Crippen molar-refractivity contribution in [1.29, 1.82) is 0 Å². The van der Waals surface area contributed by atoms with Crippen molar-refractivity contribution in [1.82, 2.24) is 9.97 Å². The van der Waals surface area contributed by atoms with Gasteiger partial charge in [0.25, 0.3) is 0 Å². The third-order valence-electron chi connectivity index (χ3n) is 3.81. The second-order valence-electron chi connectivity index (χ2n) is 5.78. The van der Waals surface area contributed by atoms with E-state index in [9.17, 15) is 4.79 Å². The Hall–Kier alpha value is -2.63.